The van der Waals surface area contributed by atoms with Gasteiger partial charge in [-0.25, -0.2) is 19.6 Å². The maximum Gasteiger partial charge on any atom is 0.407 e. The maximum atomic E-state index is 13.6. The number of hydrogen-bond donors (Lipinski definition) is 4. The molecule has 1 aliphatic carbocycles. The Bertz CT molecular complexity index is 1580. The molecule has 2 fully saturated rings. The van der Waals surface area contributed by atoms with Crippen LogP contribution >= 0.6 is 11.3 Å². The third-order valence-corrected chi connectivity index (χ3v) is 11.4. The van der Waals surface area contributed by atoms with E-state index in [-0.39, 0.29) is 44.8 Å². The largest absolute Gasteiger partial charge is 0.479 e. The summed E-state index contributed by atoms with van der Waals surface area (Å²) in [7, 11) is 0. The van der Waals surface area contributed by atoms with Crippen molar-refractivity contribution in [2.24, 2.45) is 16.6 Å². The lowest BCUT2D eigenvalue weighted by molar-refractivity contribution is -0.181. The molecule has 0 aromatic carbocycles. The number of aliphatic hydroxyl groups excluding tert-OH is 1. The molecule has 0 radical (unpaired) electrons. The van der Waals surface area contributed by atoms with Gasteiger partial charge >= 0.3 is 12.1 Å². The summed E-state index contributed by atoms with van der Waals surface area (Å²) in [5.74, 6) is -0.550. The van der Waals surface area contributed by atoms with Crippen LogP contribution in [0.1, 0.15) is 48.8 Å². The molecule has 21 nitrogen and oxygen atoms in total. The molecule has 376 valence electrons. The second kappa shape index (κ2) is 34.0. The summed E-state index contributed by atoms with van der Waals surface area (Å²) in [6.07, 6.45) is 4.96. The smallest absolute Gasteiger partial charge is 0.407 e. The fourth-order valence-electron chi connectivity index (χ4n) is 6.61. The minimum Gasteiger partial charge on any atom is -0.479 e. The molecule has 3 aliphatic rings. The Balaban J connectivity index is 0.905. The fourth-order valence-corrected chi connectivity index (χ4v) is 7.79. The van der Waals surface area contributed by atoms with E-state index in [1.165, 1.54) is 9.94 Å². The summed E-state index contributed by atoms with van der Waals surface area (Å²) in [6.45, 7) is 12.3. The van der Waals surface area contributed by atoms with E-state index in [1.54, 1.807) is 11.3 Å². The summed E-state index contributed by atoms with van der Waals surface area (Å²) in [6, 6.07) is 2.09. The first-order valence-corrected chi connectivity index (χ1v) is 23.9. The average Bonchev–Trinajstić information content (AvgIpc) is 3.56. The third-order valence-electron chi connectivity index (χ3n) is 10.3. The number of amidine groups is 1. The van der Waals surface area contributed by atoms with Gasteiger partial charge < -0.3 is 73.5 Å². The number of nitrogens with one attached hydrogen (secondary N) is 1. The number of amides is 2. The quantitative estimate of drug-likeness (QED) is 0.0543. The van der Waals surface area contributed by atoms with Gasteiger partial charge in [0, 0.05) is 49.6 Å². The number of likely N-dealkylation sites (tertiary alicyclic amines) is 1. The first-order valence-electron chi connectivity index (χ1n) is 23.1. The van der Waals surface area contributed by atoms with Crippen LogP contribution in [-0.2, 0) is 68.2 Å². The minimum atomic E-state index is -1.24. The Labute approximate surface area is 392 Å². The van der Waals surface area contributed by atoms with Crippen LogP contribution in [0.2, 0.25) is 0 Å². The second-order valence-electron chi connectivity index (χ2n) is 15.6. The molecule has 0 spiro atoms. The van der Waals surface area contributed by atoms with E-state index >= 15 is 0 Å². The number of hydrogen-bond acceptors (Lipinski definition) is 19. The second-order valence-corrected chi connectivity index (χ2v) is 16.8. The standard InChI is InChI=1S/C44H73N5O16S/c1-2-7-49(64-9-6-46-44(54)65-36-4-3-5-36)42(51)35-28-40-38(47-41(45)29-35)30-37(66-40)27-34-31-48(32-34)8-10-55-11-12-56-13-14-57-15-16-58-17-18-59-19-20-60-21-22-61-23-24-62-25-26-63-39(33-50)43(52)53/h28,30,34,36,39,50H,2-27,29,31-33H2,1H3,(H2,45,47)(H,46,54)(H,52,53). The first-order chi connectivity index (χ1) is 32.2. The normalized spacial score (nSPS) is 15.8. The van der Waals surface area contributed by atoms with Gasteiger partial charge in [-0.05, 0) is 50.2 Å². The summed E-state index contributed by atoms with van der Waals surface area (Å²) >= 11 is 1.65. The number of nitrogens with two attached hydrogens (primary N) is 1. The van der Waals surface area contributed by atoms with E-state index < -0.39 is 24.8 Å². The molecule has 2 amide bonds. The lowest BCUT2D eigenvalue weighted by atomic mass is 9.95. The molecule has 1 saturated heterocycles. The Morgan fingerprint density at radius 1 is 0.833 bits per heavy atom. The van der Waals surface area contributed by atoms with E-state index in [2.05, 4.69) is 21.3 Å². The molecule has 22 heteroatoms. The van der Waals surface area contributed by atoms with E-state index in [4.69, 9.17) is 68.2 Å². The molecular formula is C44H73N5O16S. The summed E-state index contributed by atoms with van der Waals surface area (Å²) in [5.41, 5.74) is 7.59. The van der Waals surface area contributed by atoms with Crippen LogP contribution in [0.4, 0.5) is 10.5 Å². The van der Waals surface area contributed by atoms with Crippen molar-refractivity contribution in [2.45, 2.75) is 57.7 Å². The Kier molecular flexibility index (Phi) is 28.5. The highest BCUT2D eigenvalue weighted by Crippen LogP contribution is 2.37. The molecule has 0 bridgehead atoms. The Hall–Kier alpha value is -3.36. The monoisotopic (exact) mass is 959 g/mol. The number of ether oxygens (including phenoxy) is 10. The molecular weight excluding hydrogens is 887 g/mol. The van der Waals surface area contributed by atoms with E-state index in [0.29, 0.717) is 129 Å². The lowest BCUT2D eigenvalue weighted by Gasteiger charge is -2.39. The van der Waals surface area contributed by atoms with Gasteiger partial charge in [0.15, 0.2) is 6.10 Å². The molecule has 1 saturated carbocycles. The van der Waals surface area contributed by atoms with Crippen molar-refractivity contribution in [3.05, 3.63) is 21.4 Å². The molecule has 1 unspecified atom stereocenters. The van der Waals surface area contributed by atoms with Crippen LogP contribution in [-0.4, -0.2) is 214 Å². The highest BCUT2D eigenvalue weighted by atomic mass is 32.1. The van der Waals surface area contributed by atoms with Gasteiger partial charge in [0.1, 0.15) is 11.9 Å². The number of aliphatic carboxylic acids is 1. The molecule has 3 heterocycles. The fraction of sp³-hybridized carbons (Fsp3) is 0.773. The van der Waals surface area contributed by atoms with Crippen molar-refractivity contribution in [1.82, 2.24) is 15.3 Å². The zero-order valence-electron chi connectivity index (χ0n) is 38.5. The van der Waals surface area contributed by atoms with Crippen molar-refractivity contribution in [2.75, 3.05) is 158 Å². The van der Waals surface area contributed by atoms with Gasteiger partial charge in [0.05, 0.1) is 136 Å². The Morgan fingerprint density at radius 2 is 1.38 bits per heavy atom. The van der Waals surface area contributed by atoms with Crippen LogP contribution in [0.15, 0.2) is 16.6 Å². The summed E-state index contributed by atoms with van der Waals surface area (Å²) in [4.78, 5) is 51.2. The summed E-state index contributed by atoms with van der Waals surface area (Å²) < 4.78 is 54.3. The van der Waals surface area contributed by atoms with Crippen LogP contribution in [0.25, 0.3) is 6.08 Å². The van der Waals surface area contributed by atoms with Crippen LogP contribution < -0.4 is 11.1 Å². The molecule has 2 aliphatic heterocycles. The van der Waals surface area contributed by atoms with Crippen LogP contribution in [0.3, 0.4) is 0 Å². The van der Waals surface area contributed by atoms with Crippen molar-refractivity contribution in [3.8, 4) is 0 Å². The molecule has 1 aromatic rings. The third kappa shape index (κ3) is 23.1. The maximum absolute atomic E-state index is 13.6. The number of fused-ring (bicyclic) bond motifs is 1. The van der Waals surface area contributed by atoms with Gasteiger partial charge in [0.2, 0.25) is 0 Å². The summed E-state index contributed by atoms with van der Waals surface area (Å²) in [5, 5.41) is 21.7. The lowest BCUT2D eigenvalue weighted by Crippen LogP contribution is -2.48. The average molecular weight is 960 g/mol. The highest BCUT2D eigenvalue weighted by molar-refractivity contribution is 7.13. The van der Waals surface area contributed by atoms with Gasteiger partial charge in [-0.1, -0.05) is 6.92 Å². The van der Waals surface area contributed by atoms with E-state index in [9.17, 15) is 14.4 Å². The van der Waals surface area contributed by atoms with Crippen molar-refractivity contribution in [1.29, 1.82) is 0 Å². The predicted molar refractivity (Wildman–Crippen MR) is 243 cm³/mol. The first kappa shape index (κ1) is 55.2. The highest BCUT2D eigenvalue weighted by Gasteiger charge is 2.28. The molecule has 4 rings (SSSR count). The number of carbonyl (C=O) groups is 3. The number of aliphatic imine (C=N–C) groups is 1. The van der Waals surface area contributed by atoms with Gasteiger partial charge in [-0.2, -0.15) is 0 Å². The van der Waals surface area contributed by atoms with Crippen molar-refractivity contribution in [3.63, 3.8) is 0 Å². The van der Waals surface area contributed by atoms with E-state index in [1.807, 2.05) is 13.0 Å². The number of carbonyl (C=O) groups excluding carboxylic acids is 2. The Morgan fingerprint density at radius 3 is 1.88 bits per heavy atom. The zero-order chi connectivity index (χ0) is 47.0. The number of carboxylic acid groups (broad SMARTS) is 1. The number of carboxylic acids is 1. The molecule has 66 heavy (non-hydrogen) atoms. The number of rotatable bonds is 40. The molecule has 1 aromatic heterocycles. The SMILES string of the molecule is CCCN(OCCNC(=O)OC1CCC1)C(=O)C1=Cc2sc(CC3CN(CCOCCOCCOCCOCCOCCOCCOCCOCCOC(CO)C(=O)O)C3)cc2N=C(N)C1. The van der Waals surface area contributed by atoms with Gasteiger partial charge in [0.25, 0.3) is 5.91 Å². The zero-order valence-corrected chi connectivity index (χ0v) is 39.4. The number of hydroxylamine groups is 2. The van der Waals surface area contributed by atoms with Crippen LogP contribution in [0, 0.1) is 5.92 Å². The van der Waals surface area contributed by atoms with Gasteiger partial charge in [-0.3, -0.25) is 9.63 Å². The van der Waals surface area contributed by atoms with E-state index in [0.717, 1.165) is 55.9 Å². The molecule has 5 N–H and O–H groups in total. The van der Waals surface area contributed by atoms with Crippen molar-refractivity contribution < 1.29 is 76.8 Å². The number of alkyl carbamates (subject to hydrolysis) is 1. The number of thiophene rings is 1. The van der Waals surface area contributed by atoms with Crippen LogP contribution in [0.5, 0.6) is 0 Å². The topological polar surface area (TPSA) is 250 Å². The number of aliphatic hydroxyl groups is 1. The van der Waals surface area contributed by atoms with Crippen molar-refractivity contribution >= 4 is 46.9 Å². The number of nitrogens with zero attached hydrogens (tertiary/aromatic N) is 3. The molecule has 1 atom stereocenters. The van der Waals surface area contributed by atoms with Gasteiger partial charge in [-0.15, -0.1) is 11.3 Å². The minimum absolute atomic E-state index is 0.00340. The predicted octanol–water partition coefficient (Wildman–Crippen LogP) is 2.04.